The fraction of sp³-hybridized carbons (Fsp3) is 1.00. The summed E-state index contributed by atoms with van der Waals surface area (Å²) >= 11 is 2.07. The van der Waals surface area contributed by atoms with Crippen LogP contribution in [0.5, 0.6) is 0 Å². The van der Waals surface area contributed by atoms with E-state index in [1.807, 2.05) is 0 Å². The number of hydrogen-bond acceptors (Lipinski definition) is 4. The molecule has 0 aromatic rings. The molecule has 14 heavy (non-hydrogen) atoms. The molecule has 0 bridgehead atoms. The van der Waals surface area contributed by atoms with Gasteiger partial charge in [-0.25, -0.2) is 0 Å². The molecule has 0 amide bonds. The molecule has 0 saturated carbocycles. The van der Waals surface area contributed by atoms with Gasteiger partial charge in [0.25, 0.3) is 0 Å². The van der Waals surface area contributed by atoms with E-state index in [9.17, 15) is 0 Å². The first kappa shape index (κ1) is 10.7. The van der Waals surface area contributed by atoms with Crippen molar-refractivity contribution in [3.63, 3.8) is 0 Å². The third-order valence-electron chi connectivity index (χ3n) is 3.37. The smallest absolute Gasteiger partial charge is 0.0663 e. The molecule has 2 aliphatic heterocycles. The lowest BCUT2D eigenvalue weighted by atomic mass is 9.96. The van der Waals surface area contributed by atoms with Gasteiger partial charge in [0.2, 0.25) is 0 Å². The molecule has 0 aromatic carbocycles. The molecule has 2 unspecified atom stereocenters. The molecule has 82 valence electrons. The summed E-state index contributed by atoms with van der Waals surface area (Å²) in [5, 5.41) is 0.743. The minimum Gasteiger partial charge on any atom is -0.379 e. The maximum atomic E-state index is 5.92. The molecule has 2 rings (SSSR count). The van der Waals surface area contributed by atoms with E-state index in [1.54, 1.807) is 0 Å². The van der Waals surface area contributed by atoms with Crippen molar-refractivity contribution in [1.82, 2.24) is 4.90 Å². The van der Waals surface area contributed by atoms with Gasteiger partial charge in [0.1, 0.15) is 0 Å². The Morgan fingerprint density at radius 1 is 1.64 bits per heavy atom. The summed E-state index contributed by atoms with van der Waals surface area (Å²) in [7, 11) is 0. The predicted molar refractivity (Wildman–Crippen MR) is 60.7 cm³/mol. The summed E-state index contributed by atoms with van der Waals surface area (Å²) in [6.07, 6.45) is 1.11. The van der Waals surface area contributed by atoms with E-state index in [0.29, 0.717) is 0 Å². The summed E-state index contributed by atoms with van der Waals surface area (Å²) in [6.45, 7) is 7.11. The Hall–Kier alpha value is 0.230. The molecule has 2 atom stereocenters. The number of nitrogens with two attached hydrogens (primary N) is 1. The van der Waals surface area contributed by atoms with Crippen LogP contribution in [0.3, 0.4) is 0 Å². The van der Waals surface area contributed by atoms with Gasteiger partial charge in [0.05, 0.1) is 12.1 Å². The Labute approximate surface area is 90.3 Å². The van der Waals surface area contributed by atoms with Gasteiger partial charge >= 0.3 is 0 Å². The van der Waals surface area contributed by atoms with E-state index in [-0.39, 0.29) is 5.54 Å². The van der Waals surface area contributed by atoms with Crippen molar-refractivity contribution in [2.75, 3.05) is 38.6 Å². The van der Waals surface area contributed by atoms with Gasteiger partial charge in [0, 0.05) is 37.2 Å². The fourth-order valence-electron chi connectivity index (χ4n) is 2.39. The first-order valence-electron chi connectivity index (χ1n) is 5.41. The quantitative estimate of drug-likeness (QED) is 0.731. The standard InChI is InChI=1S/C10H20N2OS/c1-9-6-12(3-5-14-9)10(7-11)2-4-13-8-10/h9H,2-8,11H2,1H3. The molecule has 0 aliphatic carbocycles. The van der Waals surface area contributed by atoms with E-state index in [2.05, 4.69) is 23.6 Å². The van der Waals surface area contributed by atoms with Crippen molar-refractivity contribution in [3.8, 4) is 0 Å². The lowest BCUT2D eigenvalue weighted by Gasteiger charge is -2.43. The van der Waals surface area contributed by atoms with Gasteiger partial charge in [-0.05, 0) is 6.42 Å². The maximum absolute atomic E-state index is 5.92. The monoisotopic (exact) mass is 216 g/mol. The number of nitrogens with zero attached hydrogens (tertiary/aromatic N) is 1. The van der Waals surface area contributed by atoms with Gasteiger partial charge < -0.3 is 10.5 Å². The highest BCUT2D eigenvalue weighted by molar-refractivity contribution is 7.99. The van der Waals surface area contributed by atoms with E-state index < -0.39 is 0 Å². The minimum absolute atomic E-state index is 0.162. The summed E-state index contributed by atoms with van der Waals surface area (Å²) in [4.78, 5) is 2.56. The second-order valence-corrected chi connectivity index (χ2v) is 5.90. The van der Waals surface area contributed by atoms with Crippen molar-refractivity contribution in [2.45, 2.75) is 24.1 Å². The van der Waals surface area contributed by atoms with Crippen molar-refractivity contribution in [2.24, 2.45) is 5.73 Å². The normalized spacial score (nSPS) is 40.3. The Balaban J connectivity index is 2.03. The lowest BCUT2D eigenvalue weighted by Crippen LogP contribution is -2.58. The average Bonchev–Trinajstić information content (AvgIpc) is 2.67. The Morgan fingerprint density at radius 3 is 3.07 bits per heavy atom. The number of ether oxygens (including phenoxy) is 1. The predicted octanol–water partition coefficient (Wildman–Crippen LogP) is 0.542. The van der Waals surface area contributed by atoms with Crippen LogP contribution in [0.15, 0.2) is 0 Å². The third kappa shape index (κ3) is 1.94. The van der Waals surface area contributed by atoms with Crippen LogP contribution in [-0.2, 0) is 4.74 Å². The van der Waals surface area contributed by atoms with Gasteiger partial charge in [0.15, 0.2) is 0 Å². The Bertz CT molecular complexity index is 195. The molecule has 0 radical (unpaired) electrons. The summed E-state index contributed by atoms with van der Waals surface area (Å²) in [6, 6.07) is 0. The summed E-state index contributed by atoms with van der Waals surface area (Å²) in [5.74, 6) is 1.24. The van der Waals surface area contributed by atoms with Crippen LogP contribution < -0.4 is 5.73 Å². The zero-order chi connectivity index (χ0) is 10.0. The van der Waals surface area contributed by atoms with Crippen LogP contribution in [0.4, 0.5) is 0 Å². The molecular weight excluding hydrogens is 196 g/mol. The van der Waals surface area contributed by atoms with Gasteiger partial charge in [-0.2, -0.15) is 11.8 Å². The zero-order valence-electron chi connectivity index (χ0n) is 8.87. The van der Waals surface area contributed by atoms with E-state index >= 15 is 0 Å². The highest BCUT2D eigenvalue weighted by Crippen LogP contribution is 2.30. The maximum Gasteiger partial charge on any atom is 0.0663 e. The SMILES string of the molecule is CC1CN(C2(CN)CCOC2)CCS1. The molecule has 2 fully saturated rings. The van der Waals surface area contributed by atoms with Crippen LogP contribution in [-0.4, -0.2) is 54.3 Å². The minimum atomic E-state index is 0.162. The molecule has 2 heterocycles. The Morgan fingerprint density at radius 2 is 2.50 bits per heavy atom. The molecule has 2 saturated heterocycles. The van der Waals surface area contributed by atoms with E-state index in [1.165, 1.54) is 18.8 Å². The molecule has 2 aliphatic rings. The van der Waals surface area contributed by atoms with E-state index in [0.717, 1.165) is 31.4 Å². The van der Waals surface area contributed by atoms with Crippen molar-refractivity contribution >= 4 is 11.8 Å². The first-order valence-corrected chi connectivity index (χ1v) is 6.46. The van der Waals surface area contributed by atoms with Crippen molar-refractivity contribution < 1.29 is 4.74 Å². The third-order valence-corrected chi connectivity index (χ3v) is 4.51. The number of hydrogen-bond donors (Lipinski definition) is 1. The van der Waals surface area contributed by atoms with Gasteiger partial charge in [-0.1, -0.05) is 6.92 Å². The second kappa shape index (κ2) is 4.39. The highest BCUT2D eigenvalue weighted by Gasteiger charge is 2.40. The molecule has 4 heteroatoms. The van der Waals surface area contributed by atoms with Crippen LogP contribution in [0.25, 0.3) is 0 Å². The fourth-order valence-corrected chi connectivity index (χ4v) is 3.40. The molecule has 3 nitrogen and oxygen atoms in total. The topological polar surface area (TPSA) is 38.5 Å². The molecule has 0 spiro atoms. The summed E-state index contributed by atoms with van der Waals surface area (Å²) < 4.78 is 5.51. The van der Waals surface area contributed by atoms with Crippen LogP contribution in [0.1, 0.15) is 13.3 Å². The first-order chi connectivity index (χ1) is 6.77. The van der Waals surface area contributed by atoms with Crippen LogP contribution >= 0.6 is 11.8 Å². The van der Waals surface area contributed by atoms with Gasteiger partial charge in [-0.15, -0.1) is 0 Å². The van der Waals surface area contributed by atoms with Crippen molar-refractivity contribution in [1.29, 1.82) is 0 Å². The van der Waals surface area contributed by atoms with Crippen molar-refractivity contribution in [3.05, 3.63) is 0 Å². The molecule has 0 aromatic heterocycles. The average molecular weight is 216 g/mol. The molecule has 2 N–H and O–H groups in total. The number of rotatable bonds is 2. The Kier molecular flexibility index (Phi) is 3.37. The largest absolute Gasteiger partial charge is 0.379 e. The lowest BCUT2D eigenvalue weighted by molar-refractivity contribution is 0.0756. The van der Waals surface area contributed by atoms with Crippen LogP contribution in [0, 0.1) is 0 Å². The summed E-state index contributed by atoms with van der Waals surface area (Å²) in [5.41, 5.74) is 6.08. The van der Waals surface area contributed by atoms with Gasteiger partial charge in [-0.3, -0.25) is 4.90 Å². The van der Waals surface area contributed by atoms with E-state index in [4.69, 9.17) is 10.5 Å². The molecular formula is C10H20N2OS. The highest BCUT2D eigenvalue weighted by atomic mass is 32.2. The van der Waals surface area contributed by atoms with Crippen LogP contribution in [0.2, 0.25) is 0 Å². The number of thioether (sulfide) groups is 1. The second-order valence-electron chi connectivity index (χ2n) is 4.36. The zero-order valence-corrected chi connectivity index (χ0v) is 9.68.